The SMILES string of the molecule is O=c1c2c(ncn1Cc1ccsc1)CNCC2. The predicted octanol–water partition coefficient (Wildman–Crippen LogP) is 0.999. The van der Waals surface area contributed by atoms with Gasteiger partial charge in [0.15, 0.2) is 0 Å². The molecule has 0 amide bonds. The Morgan fingerprint density at radius 1 is 1.53 bits per heavy atom. The summed E-state index contributed by atoms with van der Waals surface area (Å²) >= 11 is 1.65. The highest BCUT2D eigenvalue weighted by atomic mass is 32.1. The molecule has 0 saturated carbocycles. The first-order valence-electron chi connectivity index (χ1n) is 5.63. The summed E-state index contributed by atoms with van der Waals surface area (Å²) in [6.07, 6.45) is 2.44. The van der Waals surface area contributed by atoms with Crippen molar-refractivity contribution < 1.29 is 0 Å². The Bertz CT molecular complexity index is 574. The number of nitrogens with one attached hydrogen (secondary N) is 1. The van der Waals surface area contributed by atoms with E-state index in [1.165, 1.54) is 0 Å². The average Bonchev–Trinajstić information content (AvgIpc) is 2.86. The Balaban J connectivity index is 1.98. The van der Waals surface area contributed by atoms with Crippen LogP contribution in [0.25, 0.3) is 0 Å². The molecule has 3 heterocycles. The molecule has 5 heteroatoms. The Labute approximate surface area is 103 Å². The van der Waals surface area contributed by atoms with Crippen LogP contribution >= 0.6 is 11.3 Å². The van der Waals surface area contributed by atoms with Gasteiger partial charge in [0.25, 0.3) is 5.56 Å². The third-order valence-corrected chi connectivity index (χ3v) is 3.73. The maximum atomic E-state index is 12.2. The van der Waals surface area contributed by atoms with Crippen molar-refractivity contribution >= 4 is 11.3 Å². The van der Waals surface area contributed by atoms with Gasteiger partial charge < -0.3 is 5.32 Å². The molecular formula is C12H13N3OS. The van der Waals surface area contributed by atoms with Gasteiger partial charge in [-0.15, -0.1) is 0 Å². The van der Waals surface area contributed by atoms with Crippen molar-refractivity contribution in [2.75, 3.05) is 6.54 Å². The van der Waals surface area contributed by atoms with Gasteiger partial charge in [0.1, 0.15) is 0 Å². The van der Waals surface area contributed by atoms with Gasteiger partial charge in [0.2, 0.25) is 0 Å². The lowest BCUT2D eigenvalue weighted by Crippen LogP contribution is -2.34. The summed E-state index contributed by atoms with van der Waals surface area (Å²) < 4.78 is 1.70. The van der Waals surface area contributed by atoms with E-state index in [0.29, 0.717) is 13.1 Å². The molecular weight excluding hydrogens is 234 g/mol. The fourth-order valence-electron chi connectivity index (χ4n) is 2.08. The topological polar surface area (TPSA) is 46.9 Å². The molecule has 0 fully saturated rings. The second-order valence-electron chi connectivity index (χ2n) is 4.16. The third kappa shape index (κ3) is 2.03. The van der Waals surface area contributed by atoms with Crippen LogP contribution in [0, 0.1) is 0 Å². The molecule has 3 rings (SSSR count). The van der Waals surface area contributed by atoms with Gasteiger partial charge in [-0.1, -0.05) is 0 Å². The number of hydrogen-bond donors (Lipinski definition) is 1. The van der Waals surface area contributed by atoms with Crippen molar-refractivity contribution in [3.63, 3.8) is 0 Å². The second-order valence-corrected chi connectivity index (χ2v) is 4.94. The number of rotatable bonds is 2. The van der Waals surface area contributed by atoms with Gasteiger partial charge in [0, 0.05) is 12.1 Å². The van der Waals surface area contributed by atoms with Crippen molar-refractivity contribution in [1.82, 2.24) is 14.9 Å². The molecule has 0 aromatic carbocycles. The lowest BCUT2D eigenvalue weighted by Gasteiger charge is -2.16. The molecule has 0 unspecified atom stereocenters. The molecule has 0 bridgehead atoms. The Kier molecular flexibility index (Phi) is 2.78. The fraction of sp³-hybridized carbons (Fsp3) is 0.333. The molecule has 17 heavy (non-hydrogen) atoms. The zero-order valence-electron chi connectivity index (χ0n) is 9.35. The molecule has 0 spiro atoms. The fourth-order valence-corrected chi connectivity index (χ4v) is 2.74. The van der Waals surface area contributed by atoms with Crippen LogP contribution in [0.5, 0.6) is 0 Å². The highest BCUT2D eigenvalue weighted by molar-refractivity contribution is 7.07. The van der Waals surface area contributed by atoms with Gasteiger partial charge in [-0.3, -0.25) is 9.36 Å². The molecule has 4 nitrogen and oxygen atoms in total. The minimum Gasteiger partial charge on any atom is -0.311 e. The van der Waals surface area contributed by atoms with E-state index in [1.54, 1.807) is 22.2 Å². The number of hydrogen-bond acceptors (Lipinski definition) is 4. The molecule has 0 atom stereocenters. The summed E-state index contributed by atoms with van der Waals surface area (Å²) in [6, 6.07) is 2.04. The Morgan fingerprint density at radius 3 is 3.29 bits per heavy atom. The lowest BCUT2D eigenvalue weighted by molar-refractivity contribution is 0.596. The summed E-state index contributed by atoms with van der Waals surface area (Å²) in [6.45, 7) is 2.20. The zero-order valence-corrected chi connectivity index (χ0v) is 10.2. The van der Waals surface area contributed by atoms with Crippen molar-refractivity contribution in [2.24, 2.45) is 0 Å². The monoisotopic (exact) mass is 247 g/mol. The summed E-state index contributed by atoms with van der Waals surface area (Å²) in [4.78, 5) is 16.6. The van der Waals surface area contributed by atoms with Gasteiger partial charge in [-0.25, -0.2) is 4.98 Å². The largest absolute Gasteiger partial charge is 0.311 e. The van der Waals surface area contributed by atoms with Crippen LogP contribution in [0.4, 0.5) is 0 Å². The first kappa shape index (κ1) is 10.7. The summed E-state index contributed by atoms with van der Waals surface area (Å²) in [5.41, 5.74) is 3.06. The van der Waals surface area contributed by atoms with E-state index in [-0.39, 0.29) is 5.56 Å². The van der Waals surface area contributed by atoms with Crippen LogP contribution < -0.4 is 10.9 Å². The van der Waals surface area contributed by atoms with Crippen LogP contribution in [0.1, 0.15) is 16.8 Å². The van der Waals surface area contributed by atoms with Gasteiger partial charge in [0.05, 0.1) is 18.6 Å². The molecule has 0 aliphatic carbocycles. The van der Waals surface area contributed by atoms with E-state index in [4.69, 9.17) is 0 Å². The standard InChI is InChI=1S/C12H13N3OS/c16-12-10-1-3-13-5-11(10)14-8-15(12)6-9-2-4-17-7-9/h2,4,7-8,13H,1,3,5-6H2. The molecule has 1 aliphatic rings. The van der Waals surface area contributed by atoms with Crippen LogP contribution in [0.3, 0.4) is 0 Å². The third-order valence-electron chi connectivity index (χ3n) is 3.00. The van der Waals surface area contributed by atoms with E-state index < -0.39 is 0 Å². The smallest absolute Gasteiger partial charge is 0.257 e. The van der Waals surface area contributed by atoms with Crippen molar-refractivity contribution in [3.8, 4) is 0 Å². The first-order valence-corrected chi connectivity index (χ1v) is 6.58. The van der Waals surface area contributed by atoms with Crippen molar-refractivity contribution in [1.29, 1.82) is 0 Å². The van der Waals surface area contributed by atoms with Crippen LogP contribution in [0.2, 0.25) is 0 Å². The quantitative estimate of drug-likeness (QED) is 0.861. The maximum absolute atomic E-state index is 12.2. The minimum absolute atomic E-state index is 0.114. The lowest BCUT2D eigenvalue weighted by atomic mass is 10.1. The molecule has 0 radical (unpaired) electrons. The van der Waals surface area contributed by atoms with Gasteiger partial charge >= 0.3 is 0 Å². The summed E-state index contributed by atoms with van der Waals surface area (Å²) in [7, 11) is 0. The second kappa shape index (κ2) is 4.43. The minimum atomic E-state index is 0.114. The van der Waals surface area contributed by atoms with E-state index in [1.807, 2.05) is 11.4 Å². The summed E-state index contributed by atoms with van der Waals surface area (Å²) in [5.74, 6) is 0. The first-order chi connectivity index (χ1) is 8.34. The van der Waals surface area contributed by atoms with E-state index in [2.05, 4.69) is 15.7 Å². The molecule has 0 saturated heterocycles. The summed E-state index contributed by atoms with van der Waals surface area (Å²) in [5, 5.41) is 7.31. The van der Waals surface area contributed by atoms with Crippen molar-refractivity contribution in [3.05, 3.63) is 50.3 Å². The molecule has 88 valence electrons. The highest BCUT2D eigenvalue weighted by Crippen LogP contribution is 2.09. The van der Waals surface area contributed by atoms with Crippen molar-refractivity contribution in [2.45, 2.75) is 19.5 Å². The van der Waals surface area contributed by atoms with Crippen LogP contribution in [0.15, 0.2) is 27.9 Å². The number of nitrogens with zero attached hydrogens (tertiary/aromatic N) is 2. The van der Waals surface area contributed by atoms with Crippen LogP contribution in [-0.4, -0.2) is 16.1 Å². The number of aromatic nitrogens is 2. The zero-order chi connectivity index (χ0) is 11.7. The van der Waals surface area contributed by atoms with E-state index in [0.717, 1.165) is 29.8 Å². The average molecular weight is 247 g/mol. The molecule has 1 N–H and O–H groups in total. The van der Waals surface area contributed by atoms with E-state index >= 15 is 0 Å². The molecule has 2 aromatic heterocycles. The molecule has 2 aromatic rings. The Hall–Kier alpha value is -1.46. The maximum Gasteiger partial charge on any atom is 0.257 e. The number of fused-ring (bicyclic) bond motifs is 1. The predicted molar refractivity (Wildman–Crippen MR) is 67.3 cm³/mol. The van der Waals surface area contributed by atoms with Gasteiger partial charge in [-0.05, 0) is 35.4 Å². The molecule has 1 aliphatic heterocycles. The van der Waals surface area contributed by atoms with Gasteiger partial charge in [-0.2, -0.15) is 11.3 Å². The van der Waals surface area contributed by atoms with E-state index in [9.17, 15) is 4.79 Å². The van der Waals surface area contributed by atoms with Crippen LogP contribution in [-0.2, 0) is 19.5 Å². The Morgan fingerprint density at radius 2 is 2.47 bits per heavy atom. The highest BCUT2D eigenvalue weighted by Gasteiger charge is 2.15. The number of thiophene rings is 1. The normalized spacial score (nSPS) is 14.6.